The third-order valence-electron chi connectivity index (χ3n) is 2.32. The predicted octanol–water partition coefficient (Wildman–Crippen LogP) is 2.41. The number of hydrogen-bond donors (Lipinski definition) is 0. The molecule has 0 bridgehead atoms. The highest BCUT2D eigenvalue weighted by Gasteiger charge is 2.27. The number of carbonyl (C=O) groups excluding carboxylic acids is 2. The van der Waals surface area contributed by atoms with E-state index in [1.165, 1.54) is 13.2 Å². The average Bonchev–Trinajstić information content (AvgIpc) is 2.80. The van der Waals surface area contributed by atoms with Crippen molar-refractivity contribution < 1.29 is 19.1 Å². The molecule has 1 aromatic rings. The van der Waals surface area contributed by atoms with E-state index in [-0.39, 0.29) is 16.0 Å². The van der Waals surface area contributed by atoms with Crippen molar-refractivity contribution in [1.29, 1.82) is 0 Å². The second kappa shape index (κ2) is 5.18. The molecule has 0 aromatic heterocycles. The van der Waals surface area contributed by atoms with Crippen LogP contribution in [0, 0.1) is 0 Å². The Bertz CT molecular complexity index is 558. The molecule has 0 saturated heterocycles. The number of carbonyl (C=O) groups is 2. The average molecular weight is 309 g/mol. The molecule has 0 atom stereocenters. The van der Waals surface area contributed by atoms with Crippen LogP contribution in [-0.2, 0) is 19.1 Å². The first-order chi connectivity index (χ1) is 8.63. The topological polar surface area (TPSA) is 52.6 Å². The summed E-state index contributed by atoms with van der Waals surface area (Å²) in [5.74, 6) is -0.663. The predicted molar refractivity (Wildman–Crippen MR) is 68.5 cm³/mol. The second-order valence-electron chi connectivity index (χ2n) is 3.48. The molecule has 0 saturated carbocycles. The van der Waals surface area contributed by atoms with Crippen molar-refractivity contribution in [3.8, 4) is 0 Å². The Morgan fingerprint density at radius 2 is 1.94 bits per heavy atom. The molecule has 0 aliphatic carbocycles. The number of allylic oxidation sites excluding steroid dienone is 1. The molecule has 1 aromatic carbocycles. The van der Waals surface area contributed by atoms with Crippen molar-refractivity contribution in [2.75, 3.05) is 7.11 Å². The van der Waals surface area contributed by atoms with Gasteiger partial charge in [-0.1, -0.05) is 30.3 Å². The smallest absolute Gasteiger partial charge is 0.348 e. The Kier molecular flexibility index (Phi) is 3.62. The van der Waals surface area contributed by atoms with Gasteiger partial charge in [-0.05, 0) is 15.9 Å². The molecule has 4 nitrogen and oxygen atoms in total. The fourth-order valence-electron chi connectivity index (χ4n) is 1.45. The van der Waals surface area contributed by atoms with Gasteiger partial charge in [-0.15, -0.1) is 0 Å². The van der Waals surface area contributed by atoms with E-state index >= 15 is 0 Å². The summed E-state index contributed by atoms with van der Waals surface area (Å²) >= 11 is 3.00. The minimum Gasteiger partial charge on any atom is -0.465 e. The van der Waals surface area contributed by atoms with Crippen molar-refractivity contribution >= 4 is 33.4 Å². The summed E-state index contributed by atoms with van der Waals surface area (Å²) in [7, 11) is 1.23. The number of rotatable bonds is 2. The SMILES string of the molecule is COC(=O)/C(Br)=C1\OC(c2ccccc2)=CC1=O. The van der Waals surface area contributed by atoms with Crippen LogP contribution in [0.4, 0.5) is 0 Å². The fourth-order valence-corrected chi connectivity index (χ4v) is 1.89. The van der Waals surface area contributed by atoms with E-state index in [0.29, 0.717) is 5.76 Å². The van der Waals surface area contributed by atoms with E-state index in [1.54, 1.807) is 0 Å². The lowest BCUT2D eigenvalue weighted by Gasteiger charge is -2.05. The first kappa shape index (κ1) is 12.6. The van der Waals surface area contributed by atoms with Crippen molar-refractivity contribution in [1.82, 2.24) is 0 Å². The zero-order valence-corrected chi connectivity index (χ0v) is 11.1. The Labute approximate surface area is 112 Å². The third-order valence-corrected chi connectivity index (χ3v) is 3.00. The Hall–Kier alpha value is -1.88. The zero-order chi connectivity index (χ0) is 13.1. The molecule has 1 aliphatic rings. The number of hydrogen-bond acceptors (Lipinski definition) is 4. The van der Waals surface area contributed by atoms with E-state index in [1.807, 2.05) is 30.3 Å². The Morgan fingerprint density at radius 1 is 1.28 bits per heavy atom. The summed E-state index contributed by atoms with van der Waals surface area (Å²) in [6.45, 7) is 0. The van der Waals surface area contributed by atoms with E-state index in [9.17, 15) is 9.59 Å². The van der Waals surface area contributed by atoms with Crippen LogP contribution in [0.1, 0.15) is 5.56 Å². The molecule has 0 spiro atoms. The number of esters is 1. The minimum atomic E-state index is -0.652. The van der Waals surface area contributed by atoms with Crippen molar-refractivity contribution in [3.05, 3.63) is 52.2 Å². The van der Waals surface area contributed by atoms with Gasteiger partial charge in [0.2, 0.25) is 5.78 Å². The van der Waals surface area contributed by atoms with Gasteiger partial charge in [0.25, 0.3) is 0 Å². The van der Waals surface area contributed by atoms with E-state index in [4.69, 9.17) is 4.74 Å². The van der Waals surface area contributed by atoms with Gasteiger partial charge in [-0.2, -0.15) is 0 Å². The monoisotopic (exact) mass is 308 g/mol. The quantitative estimate of drug-likeness (QED) is 0.622. The summed E-state index contributed by atoms with van der Waals surface area (Å²) in [5.41, 5.74) is 0.769. The van der Waals surface area contributed by atoms with Crippen LogP contribution < -0.4 is 0 Å². The molecule has 92 valence electrons. The second-order valence-corrected chi connectivity index (χ2v) is 4.27. The maximum Gasteiger partial charge on any atom is 0.348 e. The molecule has 1 heterocycles. The number of benzene rings is 1. The van der Waals surface area contributed by atoms with Crippen LogP contribution in [-0.4, -0.2) is 18.9 Å². The number of ether oxygens (including phenoxy) is 2. The zero-order valence-electron chi connectivity index (χ0n) is 9.48. The summed E-state index contributed by atoms with van der Waals surface area (Å²) in [6, 6.07) is 9.16. The normalized spacial score (nSPS) is 17.0. The highest BCUT2D eigenvalue weighted by atomic mass is 79.9. The fraction of sp³-hybridized carbons (Fsp3) is 0.0769. The first-order valence-corrected chi connectivity index (χ1v) is 5.90. The van der Waals surface area contributed by atoms with Gasteiger partial charge in [0, 0.05) is 11.6 Å². The Morgan fingerprint density at radius 3 is 2.56 bits per heavy atom. The molecule has 0 radical (unpaired) electrons. The summed E-state index contributed by atoms with van der Waals surface area (Å²) < 4.78 is 9.89. The lowest BCUT2D eigenvalue weighted by Crippen LogP contribution is -2.06. The summed E-state index contributed by atoms with van der Waals surface area (Å²) in [6.07, 6.45) is 1.34. The van der Waals surface area contributed by atoms with Gasteiger partial charge >= 0.3 is 5.97 Å². The van der Waals surface area contributed by atoms with Crippen LogP contribution in [0.15, 0.2) is 46.6 Å². The largest absolute Gasteiger partial charge is 0.465 e. The maximum atomic E-state index is 11.7. The standard InChI is InChI=1S/C13H9BrO4/c1-17-13(16)11(14)12-9(15)7-10(18-12)8-5-3-2-4-6-8/h2-7H,1H3/b12-11+. The van der Waals surface area contributed by atoms with Gasteiger partial charge in [-0.25, -0.2) is 4.79 Å². The van der Waals surface area contributed by atoms with Crippen LogP contribution >= 0.6 is 15.9 Å². The molecule has 0 N–H and O–H groups in total. The van der Waals surface area contributed by atoms with Crippen LogP contribution in [0.5, 0.6) is 0 Å². The van der Waals surface area contributed by atoms with E-state index in [2.05, 4.69) is 20.7 Å². The van der Waals surface area contributed by atoms with Crippen molar-refractivity contribution in [2.24, 2.45) is 0 Å². The summed E-state index contributed by atoms with van der Waals surface area (Å²) in [4.78, 5) is 23.0. The Balaban J connectivity index is 2.31. The highest BCUT2D eigenvalue weighted by Crippen LogP contribution is 2.30. The molecular formula is C13H9BrO4. The summed E-state index contributed by atoms with van der Waals surface area (Å²) in [5, 5.41) is 0. The number of ketones is 1. The lowest BCUT2D eigenvalue weighted by molar-refractivity contribution is -0.135. The lowest BCUT2D eigenvalue weighted by atomic mass is 10.2. The minimum absolute atomic E-state index is 0.0165. The van der Waals surface area contributed by atoms with Gasteiger partial charge in [0.15, 0.2) is 5.76 Å². The molecule has 0 unspecified atom stereocenters. The van der Waals surface area contributed by atoms with Crippen molar-refractivity contribution in [2.45, 2.75) is 0 Å². The highest BCUT2D eigenvalue weighted by molar-refractivity contribution is 9.12. The van der Waals surface area contributed by atoms with Crippen LogP contribution in [0.2, 0.25) is 0 Å². The maximum absolute atomic E-state index is 11.7. The van der Waals surface area contributed by atoms with E-state index < -0.39 is 5.97 Å². The molecule has 1 aliphatic heterocycles. The number of methoxy groups -OCH3 is 1. The van der Waals surface area contributed by atoms with Crippen LogP contribution in [0.25, 0.3) is 5.76 Å². The van der Waals surface area contributed by atoms with Crippen LogP contribution in [0.3, 0.4) is 0 Å². The van der Waals surface area contributed by atoms with Gasteiger partial charge in [-0.3, -0.25) is 4.79 Å². The molecule has 0 fully saturated rings. The van der Waals surface area contributed by atoms with Gasteiger partial charge < -0.3 is 9.47 Å². The number of halogens is 1. The van der Waals surface area contributed by atoms with Gasteiger partial charge in [0.05, 0.1) is 7.11 Å². The molecule has 2 rings (SSSR count). The molecular weight excluding hydrogens is 300 g/mol. The molecule has 18 heavy (non-hydrogen) atoms. The third kappa shape index (κ3) is 2.36. The molecule has 5 heteroatoms. The van der Waals surface area contributed by atoms with Crippen molar-refractivity contribution in [3.63, 3.8) is 0 Å². The van der Waals surface area contributed by atoms with E-state index in [0.717, 1.165) is 5.56 Å². The molecule has 0 amide bonds. The van der Waals surface area contributed by atoms with Gasteiger partial charge in [0.1, 0.15) is 10.2 Å². The first-order valence-electron chi connectivity index (χ1n) is 5.11.